The van der Waals surface area contributed by atoms with Crippen molar-refractivity contribution in [3.05, 3.63) is 64.6 Å². The first-order chi connectivity index (χ1) is 14.7. The second kappa shape index (κ2) is 9.39. The first-order valence-electron chi connectivity index (χ1n) is 10.2. The minimum absolute atomic E-state index is 0.181. The highest BCUT2D eigenvalue weighted by molar-refractivity contribution is 8.18. The zero-order chi connectivity index (χ0) is 20.9. The molecule has 1 saturated heterocycles. The van der Waals surface area contributed by atoms with Gasteiger partial charge in [0.15, 0.2) is 5.17 Å². The fourth-order valence-corrected chi connectivity index (χ4v) is 4.84. The fraction of sp³-hybridized carbons (Fsp3) is 0.333. The number of rotatable bonds is 5. The van der Waals surface area contributed by atoms with Gasteiger partial charge < -0.3 is 14.4 Å². The van der Waals surface area contributed by atoms with Crippen LogP contribution in [0.3, 0.4) is 0 Å². The average molecular weight is 423 g/mol. The molecule has 30 heavy (non-hydrogen) atoms. The number of piperidine rings is 1. The molecule has 1 fully saturated rings. The van der Waals surface area contributed by atoms with Crippen LogP contribution in [0.4, 0.5) is 0 Å². The number of benzene rings is 2. The number of carbonyl (C=O) groups excluding carboxylic acids is 1. The number of thioether (sulfide) groups is 1. The van der Waals surface area contributed by atoms with Crippen molar-refractivity contribution in [3.8, 4) is 11.5 Å². The summed E-state index contributed by atoms with van der Waals surface area (Å²) in [5.74, 6) is 1.89. The van der Waals surface area contributed by atoms with E-state index in [0.29, 0.717) is 16.6 Å². The summed E-state index contributed by atoms with van der Waals surface area (Å²) < 4.78 is 10.7. The van der Waals surface area contributed by atoms with E-state index in [-0.39, 0.29) is 5.91 Å². The van der Waals surface area contributed by atoms with Crippen LogP contribution in [0.1, 0.15) is 24.0 Å². The molecule has 2 heterocycles. The van der Waals surface area contributed by atoms with E-state index in [0.717, 1.165) is 48.8 Å². The van der Waals surface area contributed by atoms with E-state index < -0.39 is 0 Å². The lowest BCUT2D eigenvalue weighted by molar-refractivity contribution is -0.113. The van der Waals surface area contributed by atoms with Crippen molar-refractivity contribution < 1.29 is 14.3 Å². The van der Waals surface area contributed by atoms with E-state index in [2.05, 4.69) is 40.2 Å². The monoisotopic (exact) mass is 422 g/mol. The van der Waals surface area contributed by atoms with Gasteiger partial charge in [0.1, 0.15) is 11.5 Å². The Morgan fingerprint density at radius 3 is 2.57 bits per heavy atom. The van der Waals surface area contributed by atoms with Gasteiger partial charge in [-0.2, -0.15) is 4.99 Å². The third-order valence-electron chi connectivity index (χ3n) is 5.59. The van der Waals surface area contributed by atoms with Crippen LogP contribution in [0.5, 0.6) is 11.5 Å². The number of ether oxygens (including phenoxy) is 2. The van der Waals surface area contributed by atoms with Gasteiger partial charge in [0.25, 0.3) is 5.91 Å². The molecule has 1 amide bonds. The fourth-order valence-electron chi connectivity index (χ4n) is 3.89. The molecule has 156 valence electrons. The molecule has 6 heteroatoms. The number of hydrogen-bond acceptors (Lipinski definition) is 5. The largest absolute Gasteiger partial charge is 0.497 e. The summed E-state index contributed by atoms with van der Waals surface area (Å²) in [5.41, 5.74) is 2.24. The highest BCUT2D eigenvalue weighted by Gasteiger charge is 2.29. The third-order valence-corrected chi connectivity index (χ3v) is 6.63. The number of hydrogen-bond donors (Lipinski definition) is 0. The van der Waals surface area contributed by atoms with Crippen molar-refractivity contribution >= 4 is 28.9 Å². The molecule has 0 spiro atoms. The topological polar surface area (TPSA) is 51.1 Å². The quantitative estimate of drug-likeness (QED) is 0.658. The number of amidine groups is 1. The summed E-state index contributed by atoms with van der Waals surface area (Å²) in [4.78, 5) is 19.7. The molecule has 0 aliphatic carbocycles. The van der Waals surface area contributed by atoms with Crippen LogP contribution in [0.25, 0.3) is 6.08 Å². The Bertz CT molecular complexity index is 964. The Hall–Kier alpha value is -2.73. The number of aliphatic imine (C=N–C) groups is 1. The normalized spacial score (nSPS) is 18.6. The molecule has 0 radical (unpaired) electrons. The Morgan fingerprint density at radius 1 is 1.10 bits per heavy atom. The summed E-state index contributed by atoms with van der Waals surface area (Å²) in [6, 6.07) is 16.2. The number of nitrogens with zero attached hydrogens (tertiary/aromatic N) is 2. The molecule has 2 aliphatic rings. The highest BCUT2D eigenvalue weighted by atomic mass is 32.2. The van der Waals surface area contributed by atoms with Crippen molar-refractivity contribution in [1.82, 2.24) is 4.90 Å². The maximum atomic E-state index is 12.5. The minimum Gasteiger partial charge on any atom is -0.497 e. The molecule has 0 N–H and O–H groups in total. The van der Waals surface area contributed by atoms with Crippen molar-refractivity contribution in [2.75, 3.05) is 27.3 Å². The standard InChI is InChI=1S/C24H26N2O3S/c1-28-20-9-8-19(21(16-20)29-2)15-22-23(27)25-24(30-22)26-12-10-18(11-13-26)14-17-6-4-3-5-7-17/h3-9,15-16,18H,10-14H2,1-2H3/b22-15-. The number of likely N-dealkylation sites (tertiary alicyclic amines) is 1. The smallest absolute Gasteiger partial charge is 0.286 e. The summed E-state index contributed by atoms with van der Waals surface area (Å²) in [7, 11) is 3.23. The molecule has 2 aliphatic heterocycles. The van der Waals surface area contributed by atoms with E-state index in [9.17, 15) is 4.79 Å². The lowest BCUT2D eigenvalue weighted by atomic mass is 9.90. The van der Waals surface area contributed by atoms with Gasteiger partial charge in [0, 0.05) is 24.7 Å². The van der Waals surface area contributed by atoms with Gasteiger partial charge >= 0.3 is 0 Å². The van der Waals surface area contributed by atoms with Crippen LogP contribution >= 0.6 is 11.8 Å². The van der Waals surface area contributed by atoms with Crippen LogP contribution in [0.15, 0.2) is 58.4 Å². The van der Waals surface area contributed by atoms with Crippen molar-refractivity contribution in [3.63, 3.8) is 0 Å². The van der Waals surface area contributed by atoms with Crippen LogP contribution in [0.2, 0.25) is 0 Å². The predicted octanol–water partition coefficient (Wildman–Crippen LogP) is 4.63. The van der Waals surface area contributed by atoms with Crippen LogP contribution < -0.4 is 9.47 Å². The van der Waals surface area contributed by atoms with Crippen LogP contribution in [-0.2, 0) is 11.2 Å². The van der Waals surface area contributed by atoms with E-state index in [1.807, 2.05) is 24.3 Å². The van der Waals surface area contributed by atoms with Gasteiger partial charge in [-0.05, 0) is 60.7 Å². The zero-order valence-corrected chi connectivity index (χ0v) is 18.2. The maximum Gasteiger partial charge on any atom is 0.286 e. The summed E-state index contributed by atoms with van der Waals surface area (Å²) in [6.45, 7) is 1.88. The van der Waals surface area contributed by atoms with Crippen molar-refractivity contribution in [1.29, 1.82) is 0 Å². The molecule has 2 aromatic carbocycles. The second-order valence-corrected chi connectivity index (χ2v) is 8.55. The molecular formula is C24H26N2O3S. The zero-order valence-electron chi connectivity index (χ0n) is 17.3. The molecule has 5 nitrogen and oxygen atoms in total. The predicted molar refractivity (Wildman–Crippen MR) is 122 cm³/mol. The van der Waals surface area contributed by atoms with Crippen LogP contribution in [0, 0.1) is 5.92 Å². The molecule has 0 saturated carbocycles. The Balaban J connectivity index is 1.38. The van der Waals surface area contributed by atoms with Crippen LogP contribution in [-0.4, -0.2) is 43.3 Å². The van der Waals surface area contributed by atoms with E-state index in [1.165, 1.54) is 17.3 Å². The first kappa shape index (κ1) is 20.5. The number of carbonyl (C=O) groups is 1. The van der Waals surface area contributed by atoms with Crippen molar-refractivity contribution in [2.45, 2.75) is 19.3 Å². The Morgan fingerprint density at radius 2 is 1.87 bits per heavy atom. The van der Waals surface area contributed by atoms with Gasteiger partial charge in [-0.3, -0.25) is 4.79 Å². The Kier molecular flexibility index (Phi) is 6.43. The lowest BCUT2D eigenvalue weighted by Crippen LogP contribution is -2.37. The molecule has 4 rings (SSSR count). The van der Waals surface area contributed by atoms with Gasteiger partial charge in [-0.15, -0.1) is 0 Å². The van der Waals surface area contributed by atoms with E-state index >= 15 is 0 Å². The third kappa shape index (κ3) is 4.70. The van der Waals surface area contributed by atoms with Gasteiger partial charge in [0.05, 0.1) is 19.1 Å². The SMILES string of the molecule is COc1ccc(/C=C2\SC(N3CCC(Cc4ccccc4)CC3)=NC2=O)c(OC)c1. The molecule has 0 aromatic heterocycles. The average Bonchev–Trinajstić information content (AvgIpc) is 3.15. The van der Waals surface area contributed by atoms with Gasteiger partial charge in [-0.25, -0.2) is 0 Å². The molecule has 0 bridgehead atoms. The van der Waals surface area contributed by atoms with E-state index in [1.54, 1.807) is 14.2 Å². The molecule has 2 aromatic rings. The second-order valence-electron chi connectivity index (χ2n) is 7.54. The lowest BCUT2D eigenvalue weighted by Gasteiger charge is -2.32. The summed E-state index contributed by atoms with van der Waals surface area (Å²) in [6.07, 6.45) is 5.21. The summed E-state index contributed by atoms with van der Waals surface area (Å²) in [5, 5.41) is 0.817. The first-order valence-corrected chi connectivity index (χ1v) is 11.0. The minimum atomic E-state index is -0.181. The van der Waals surface area contributed by atoms with Gasteiger partial charge in [0.2, 0.25) is 0 Å². The maximum absolute atomic E-state index is 12.5. The molecule has 0 unspecified atom stereocenters. The highest BCUT2D eigenvalue weighted by Crippen LogP contribution is 2.35. The Labute approximate surface area is 181 Å². The van der Waals surface area contributed by atoms with Crippen molar-refractivity contribution in [2.24, 2.45) is 10.9 Å². The molecular weight excluding hydrogens is 396 g/mol. The summed E-state index contributed by atoms with van der Waals surface area (Å²) >= 11 is 1.46. The molecule has 0 atom stereocenters. The van der Waals surface area contributed by atoms with Gasteiger partial charge in [-0.1, -0.05) is 30.3 Å². The van der Waals surface area contributed by atoms with E-state index in [4.69, 9.17) is 9.47 Å². The number of methoxy groups -OCH3 is 2. The number of amides is 1.